The van der Waals surface area contributed by atoms with E-state index in [-0.39, 0.29) is 23.2 Å². The SMILES string of the molecule is CN(C)C1CCCCC1NC(=O)c1ccc([N+](=O)[O-])c(CO)c1. The molecule has 1 saturated carbocycles. The number of nitrogens with one attached hydrogen (secondary N) is 1. The lowest BCUT2D eigenvalue weighted by atomic mass is 9.89. The zero-order valence-electron chi connectivity index (χ0n) is 13.5. The van der Waals surface area contributed by atoms with Gasteiger partial charge < -0.3 is 15.3 Å². The molecule has 0 aliphatic heterocycles. The van der Waals surface area contributed by atoms with Crippen molar-refractivity contribution < 1.29 is 14.8 Å². The summed E-state index contributed by atoms with van der Waals surface area (Å²) in [4.78, 5) is 24.9. The minimum atomic E-state index is -0.559. The molecule has 0 spiro atoms. The van der Waals surface area contributed by atoms with Crippen molar-refractivity contribution in [2.24, 2.45) is 0 Å². The average Bonchev–Trinajstić information content (AvgIpc) is 2.54. The molecule has 1 aliphatic rings. The van der Waals surface area contributed by atoms with Crippen molar-refractivity contribution in [3.8, 4) is 0 Å². The highest BCUT2D eigenvalue weighted by Crippen LogP contribution is 2.23. The maximum absolute atomic E-state index is 12.4. The number of likely N-dealkylation sites (N-methyl/N-ethyl adjacent to an activating group) is 1. The van der Waals surface area contributed by atoms with Crippen molar-refractivity contribution in [3.05, 3.63) is 39.4 Å². The number of nitro benzene ring substituents is 1. The number of nitro groups is 1. The number of carbonyl (C=O) groups is 1. The van der Waals surface area contributed by atoms with E-state index >= 15 is 0 Å². The molecular weight excluding hydrogens is 298 g/mol. The summed E-state index contributed by atoms with van der Waals surface area (Å²) in [5.74, 6) is -0.256. The third-order valence-electron chi connectivity index (χ3n) is 4.42. The second kappa shape index (κ2) is 7.52. The molecule has 1 aliphatic carbocycles. The Bertz CT molecular complexity index is 589. The van der Waals surface area contributed by atoms with Gasteiger partial charge in [-0.2, -0.15) is 0 Å². The second-order valence-corrected chi connectivity index (χ2v) is 6.15. The summed E-state index contributed by atoms with van der Waals surface area (Å²) < 4.78 is 0. The van der Waals surface area contributed by atoms with Gasteiger partial charge in [-0.3, -0.25) is 14.9 Å². The highest BCUT2D eigenvalue weighted by molar-refractivity contribution is 5.95. The topological polar surface area (TPSA) is 95.7 Å². The van der Waals surface area contributed by atoms with Gasteiger partial charge in [-0.1, -0.05) is 12.8 Å². The fourth-order valence-corrected chi connectivity index (χ4v) is 3.18. The van der Waals surface area contributed by atoms with Crippen LogP contribution in [0.2, 0.25) is 0 Å². The minimum absolute atomic E-state index is 0.0685. The molecule has 0 radical (unpaired) electrons. The first kappa shape index (κ1) is 17.4. The molecule has 1 fully saturated rings. The number of aliphatic hydroxyl groups excluding tert-OH is 1. The number of carbonyl (C=O) groups excluding carboxylic acids is 1. The number of nitrogens with zero attached hydrogens (tertiary/aromatic N) is 2. The van der Waals surface area contributed by atoms with Crippen molar-refractivity contribution >= 4 is 11.6 Å². The van der Waals surface area contributed by atoms with Crippen molar-refractivity contribution in [2.45, 2.75) is 44.4 Å². The van der Waals surface area contributed by atoms with Crippen molar-refractivity contribution in [1.29, 1.82) is 0 Å². The van der Waals surface area contributed by atoms with Crippen LogP contribution in [0.15, 0.2) is 18.2 Å². The Morgan fingerprint density at radius 1 is 1.39 bits per heavy atom. The van der Waals surface area contributed by atoms with Crippen LogP contribution in [-0.4, -0.2) is 47.0 Å². The highest BCUT2D eigenvalue weighted by Gasteiger charge is 2.28. The van der Waals surface area contributed by atoms with Crippen LogP contribution in [0, 0.1) is 10.1 Å². The summed E-state index contributed by atoms with van der Waals surface area (Å²) in [5.41, 5.74) is 0.311. The van der Waals surface area contributed by atoms with E-state index < -0.39 is 11.5 Å². The van der Waals surface area contributed by atoms with E-state index in [9.17, 15) is 20.0 Å². The lowest BCUT2D eigenvalue weighted by Gasteiger charge is -2.36. The lowest BCUT2D eigenvalue weighted by molar-refractivity contribution is -0.385. The summed E-state index contributed by atoms with van der Waals surface area (Å²) in [6.07, 6.45) is 4.20. The molecule has 0 heterocycles. The van der Waals surface area contributed by atoms with Crippen LogP contribution < -0.4 is 5.32 Å². The number of rotatable bonds is 5. The fraction of sp³-hybridized carbons (Fsp3) is 0.562. The molecule has 2 rings (SSSR count). The first-order valence-corrected chi connectivity index (χ1v) is 7.79. The molecule has 2 unspecified atom stereocenters. The molecule has 1 amide bonds. The van der Waals surface area contributed by atoms with Crippen molar-refractivity contribution in [2.75, 3.05) is 14.1 Å². The van der Waals surface area contributed by atoms with Gasteiger partial charge in [0.25, 0.3) is 11.6 Å². The summed E-state index contributed by atoms with van der Waals surface area (Å²) >= 11 is 0. The van der Waals surface area contributed by atoms with E-state index in [0.29, 0.717) is 11.6 Å². The van der Waals surface area contributed by atoms with E-state index in [1.54, 1.807) is 0 Å². The standard InChI is InChI=1S/C16H23N3O4/c1-18(2)15-6-4-3-5-13(15)17-16(21)11-7-8-14(19(22)23)12(9-11)10-20/h7-9,13,15,20H,3-6,10H2,1-2H3,(H,17,21). The average molecular weight is 321 g/mol. The largest absolute Gasteiger partial charge is 0.391 e. The summed E-state index contributed by atoms with van der Waals surface area (Å²) in [6, 6.07) is 4.45. The van der Waals surface area contributed by atoms with Gasteiger partial charge in [0, 0.05) is 23.7 Å². The molecule has 7 heteroatoms. The molecule has 0 bridgehead atoms. The molecule has 2 N–H and O–H groups in total. The zero-order chi connectivity index (χ0) is 17.0. The van der Waals surface area contributed by atoms with Gasteiger partial charge >= 0.3 is 0 Å². The lowest BCUT2D eigenvalue weighted by Crippen LogP contribution is -2.51. The predicted molar refractivity (Wildman–Crippen MR) is 86.2 cm³/mol. The van der Waals surface area contributed by atoms with E-state index in [1.165, 1.54) is 18.2 Å². The molecule has 7 nitrogen and oxygen atoms in total. The summed E-state index contributed by atoms with van der Waals surface area (Å²) in [7, 11) is 4.01. The molecule has 23 heavy (non-hydrogen) atoms. The van der Waals surface area contributed by atoms with Gasteiger partial charge in [0.15, 0.2) is 0 Å². The number of amides is 1. The Kier molecular flexibility index (Phi) is 5.68. The second-order valence-electron chi connectivity index (χ2n) is 6.15. The predicted octanol–water partition coefficient (Wildman–Crippen LogP) is 1.69. The van der Waals surface area contributed by atoms with E-state index in [4.69, 9.17) is 0 Å². The number of hydrogen-bond acceptors (Lipinski definition) is 5. The van der Waals surface area contributed by atoms with Gasteiger partial charge in [-0.15, -0.1) is 0 Å². The van der Waals surface area contributed by atoms with Gasteiger partial charge in [-0.25, -0.2) is 0 Å². The van der Waals surface area contributed by atoms with Crippen molar-refractivity contribution in [1.82, 2.24) is 10.2 Å². The van der Waals surface area contributed by atoms with Gasteiger partial charge in [0.1, 0.15) is 0 Å². The third kappa shape index (κ3) is 4.05. The first-order valence-electron chi connectivity index (χ1n) is 7.79. The van der Waals surface area contributed by atoms with E-state index in [2.05, 4.69) is 10.2 Å². The molecule has 0 saturated heterocycles. The Morgan fingerprint density at radius 2 is 2.09 bits per heavy atom. The minimum Gasteiger partial charge on any atom is -0.391 e. The molecule has 1 aromatic carbocycles. The van der Waals surface area contributed by atoms with E-state index in [0.717, 1.165) is 25.7 Å². The number of benzene rings is 1. The Balaban J connectivity index is 2.15. The van der Waals surface area contributed by atoms with Crippen LogP contribution in [0.1, 0.15) is 41.6 Å². The van der Waals surface area contributed by atoms with Crippen molar-refractivity contribution in [3.63, 3.8) is 0 Å². The van der Waals surface area contributed by atoms with Crippen LogP contribution in [0.3, 0.4) is 0 Å². The molecular formula is C16H23N3O4. The quantitative estimate of drug-likeness (QED) is 0.635. The first-order chi connectivity index (χ1) is 10.9. The highest BCUT2D eigenvalue weighted by atomic mass is 16.6. The fourth-order valence-electron chi connectivity index (χ4n) is 3.18. The van der Waals surface area contributed by atoms with Crippen LogP contribution in [0.4, 0.5) is 5.69 Å². The van der Waals surface area contributed by atoms with Crippen LogP contribution in [0.5, 0.6) is 0 Å². The Morgan fingerprint density at radius 3 is 2.70 bits per heavy atom. The molecule has 0 aromatic heterocycles. The zero-order valence-corrected chi connectivity index (χ0v) is 13.5. The van der Waals surface area contributed by atoms with Gasteiger partial charge in [0.05, 0.1) is 17.1 Å². The normalized spacial score (nSPS) is 21.2. The van der Waals surface area contributed by atoms with E-state index in [1.807, 2.05) is 14.1 Å². The maximum Gasteiger partial charge on any atom is 0.274 e. The van der Waals surface area contributed by atoms with Crippen LogP contribution in [0.25, 0.3) is 0 Å². The van der Waals surface area contributed by atoms with Crippen LogP contribution >= 0.6 is 0 Å². The molecule has 2 atom stereocenters. The molecule has 1 aromatic rings. The Hall–Kier alpha value is -1.99. The molecule has 126 valence electrons. The number of aliphatic hydroxyl groups is 1. The monoisotopic (exact) mass is 321 g/mol. The summed E-state index contributed by atoms with van der Waals surface area (Å²) in [6.45, 7) is -0.471. The maximum atomic E-state index is 12.4. The Labute approximate surface area is 135 Å². The number of hydrogen-bond donors (Lipinski definition) is 2. The van der Waals surface area contributed by atoms with Gasteiger partial charge in [0.2, 0.25) is 0 Å². The van der Waals surface area contributed by atoms with Gasteiger partial charge in [-0.05, 0) is 39.1 Å². The third-order valence-corrected chi connectivity index (χ3v) is 4.42. The smallest absolute Gasteiger partial charge is 0.274 e. The van der Waals surface area contributed by atoms with Crippen LogP contribution in [-0.2, 0) is 6.61 Å². The summed E-state index contributed by atoms with van der Waals surface area (Å²) in [5, 5.41) is 23.2.